The maximum atomic E-state index is 14.4. The second-order valence-electron chi connectivity index (χ2n) is 8.18. The number of rotatable bonds is 4. The first kappa shape index (κ1) is 20.6. The summed E-state index contributed by atoms with van der Waals surface area (Å²) in [6.45, 7) is -1.49. The van der Waals surface area contributed by atoms with Crippen LogP contribution < -0.4 is 4.90 Å². The minimum absolute atomic E-state index is 0.0462. The van der Waals surface area contributed by atoms with Gasteiger partial charge in [-0.2, -0.15) is 13.2 Å². The Kier molecular flexibility index (Phi) is 4.94. The first-order chi connectivity index (χ1) is 15.3. The van der Waals surface area contributed by atoms with Crippen LogP contribution in [0.3, 0.4) is 0 Å². The topological polar surface area (TPSA) is 63.9 Å². The zero-order chi connectivity index (χ0) is 22.5. The van der Waals surface area contributed by atoms with Crippen molar-refractivity contribution in [3.05, 3.63) is 71.6 Å². The number of carbonyl (C=O) groups excluding carboxylic acids is 1. The maximum Gasteiger partial charge on any atom is 0.406 e. The first-order valence-electron chi connectivity index (χ1n) is 10.3. The fraction of sp³-hybridized carbons (Fsp3) is 0.364. The quantitative estimate of drug-likeness (QED) is 0.566. The molecule has 1 aliphatic carbocycles. The van der Waals surface area contributed by atoms with E-state index in [0.29, 0.717) is 10.6 Å². The number of halogens is 4. The van der Waals surface area contributed by atoms with Gasteiger partial charge in [0.15, 0.2) is 0 Å². The minimum atomic E-state index is -4.63. The van der Waals surface area contributed by atoms with Gasteiger partial charge in [0.05, 0.1) is 11.4 Å². The number of aromatic nitrogens is 4. The highest BCUT2D eigenvalue weighted by Crippen LogP contribution is 2.53. The van der Waals surface area contributed by atoms with Crippen molar-refractivity contribution in [2.45, 2.75) is 43.3 Å². The van der Waals surface area contributed by atoms with Crippen molar-refractivity contribution in [3.8, 4) is 0 Å². The van der Waals surface area contributed by atoms with E-state index in [0.717, 1.165) is 12.0 Å². The molecule has 3 heterocycles. The SMILES string of the molecule is O=C1C(n2cc(C3CC3c3ccncc3)nn2)CCc2c(F)cccc2N1CC(F)(F)F. The van der Waals surface area contributed by atoms with E-state index in [1.54, 1.807) is 18.6 Å². The number of fused-ring (bicyclic) bond motifs is 1. The standard InChI is InChI=1S/C22H19F4N5O/c23-17-2-1-3-19-14(17)4-5-20(21(32)30(19)12-22(24,25)26)31-11-18(28-29-31)16-10-15(16)13-6-8-27-9-7-13/h1-3,6-9,11,15-16,20H,4-5,10,12H2. The minimum Gasteiger partial charge on any atom is -0.301 e. The second-order valence-corrected chi connectivity index (χ2v) is 8.18. The molecule has 1 amide bonds. The zero-order valence-electron chi connectivity index (χ0n) is 16.8. The molecule has 32 heavy (non-hydrogen) atoms. The number of hydrogen-bond acceptors (Lipinski definition) is 4. The number of amides is 1. The van der Waals surface area contributed by atoms with Crippen LogP contribution in [-0.2, 0) is 11.2 Å². The van der Waals surface area contributed by atoms with Crippen LogP contribution in [0.4, 0.5) is 23.2 Å². The third-order valence-corrected chi connectivity index (χ3v) is 6.09. The number of anilines is 1. The van der Waals surface area contributed by atoms with Crippen molar-refractivity contribution in [1.82, 2.24) is 20.0 Å². The smallest absolute Gasteiger partial charge is 0.301 e. The number of alkyl halides is 3. The van der Waals surface area contributed by atoms with Crippen LogP contribution in [0.2, 0.25) is 0 Å². The molecule has 10 heteroatoms. The summed E-state index contributed by atoms with van der Waals surface area (Å²) in [5.74, 6) is -0.994. The zero-order valence-corrected chi connectivity index (χ0v) is 16.8. The molecular weight excluding hydrogens is 426 g/mol. The van der Waals surface area contributed by atoms with Crippen molar-refractivity contribution < 1.29 is 22.4 Å². The number of hydrogen-bond donors (Lipinski definition) is 0. The lowest BCUT2D eigenvalue weighted by Crippen LogP contribution is -2.42. The molecule has 1 fully saturated rings. The normalized spacial score (nSPS) is 23.1. The number of carbonyl (C=O) groups is 1. The molecule has 5 rings (SSSR count). The van der Waals surface area contributed by atoms with Crippen molar-refractivity contribution >= 4 is 11.6 Å². The third kappa shape index (κ3) is 3.85. The van der Waals surface area contributed by atoms with Gasteiger partial charge >= 0.3 is 6.18 Å². The van der Waals surface area contributed by atoms with Crippen LogP contribution in [0, 0.1) is 5.82 Å². The van der Waals surface area contributed by atoms with E-state index in [9.17, 15) is 22.4 Å². The summed E-state index contributed by atoms with van der Waals surface area (Å²) in [6, 6.07) is 6.72. The highest BCUT2D eigenvalue weighted by atomic mass is 19.4. The van der Waals surface area contributed by atoms with Crippen molar-refractivity contribution in [2.75, 3.05) is 11.4 Å². The molecule has 6 nitrogen and oxygen atoms in total. The van der Waals surface area contributed by atoms with Crippen LogP contribution >= 0.6 is 0 Å². The average molecular weight is 445 g/mol. The summed E-state index contributed by atoms with van der Waals surface area (Å²) >= 11 is 0. The molecule has 0 bridgehead atoms. The van der Waals surface area contributed by atoms with Crippen molar-refractivity contribution in [1.29, 1.82) is 0 Å². The van der Waals surface area contributed by atoms with E-state index in [4.69, 9.17) is 0 Å². The summed E-state index contributed by atoms with van der Waals surface area (Å²) in [5.41, 5.74) is 1.88. The van der Waals surface area contributed by atoms with Gasteiger partial charge in [0.2, 0.25) is 0 Å². The van der Waals surface area contributed by atoms with Gasteiger partial charge in [0.1, 0.15) is 18.4 Å². The van der Waals surface area contributed by atoms with Gasteiger partial charge in [-0.25, -0.2) is 9.07 Å². The molecule has 0 spiro atoms. The van der Waals surface area contributed by atoms with Gasteiger partial charge < -0.3 is 4.90 Å². The summed E-state index contributed by atoms with van der Waals surface area (Å²) < 4.78 is 55.5. The first-order valence-corrected chi connectivity index (χ1v) is 10.3. The van der Waals surface area contributed by atoms with Gasteiger partial charge in [-0.05, 0) is 55.0 Å². The summed E-state index contributed by atoms with van der Waals surface area (Å²) in [4.78, 5) is 17.8. The van der Waals surface area contributed by atoms with E-state index < -0.39 is 30.5 Å². The van der Waals surface area contributed by atoms with Crippen LogP contribution in [0.5, 0.6) is 0 Å². The highest BCUT2D eigenvalue weighted by molar-refractivity contribution is 5.97. The van der Waals surface area contributed by atoms with Gasteiger partial charge in [-0.15, -0.1) is 5.10 Å². The highest BCUT2D eigenvalue weighted by Gasteiger charge is 2.43. The maximum absolute atomic E-state index is 14.4. The van der Waals surface area contributed by atoms with E-state index in [1.807, 2.05) is 12.1 Å². The molecule has 1 aromatic carbocycles. The molecule has 166 valence electrons. The molecule has 1 aliphatic heterocycles. The van der Waals surface area contributed by atoms with Crippen LogP contribution in [-0.4, -0.2) is 38.6 Å². The van der Waals surface area contributed by atoms with Crippen molar-refractivity contribution in [3.63, 3.8) is 0 Å². The number of benzene rings is 1. The third-order valence-electron chi connectivity index (χ3n) is 6.09. The largest absolute Gasteiger partial charge is 0.406 e. The Bertz CT molecular complexity index is 1150. The molecule has 0 saturated heterocycles. The molecule has 2 aromatic heterocycles. The van der Waals surface area contributed by atoms with Gasteiger partial charge in [0, 0.05) is 30.1 Å². The molecule has 3 aromatic rings. The Balaban J connectivity index is 1.42. The molecule has 1 saturated carbocycles. The van der Waals surface area contributed by atoms with E-state index in [-0.39, 0.29) is 35.9 Å². The van der Waals surface area contributed by atoms with Crippen LogP contribution in [0.15, 0.2) is 48.9 Å². The van der Waals surface area contributed by atoms with Gasteiger partial charge in [-0.1, -0.05) is 11.3 Å². The Morgan fingerprint density at radius 3 is 2.62 bits per heavy atom. The molecule has 3 unspecified atom stereocenters. The van der Waals surface area contributed by atoms with Crippen LogP contribution in [0.1, 0.15) is 47.5 Å². The Morgan fingerprint density at radius 1 is 1.09 bits per heavy atom. The van der Waals surface area contributed by atoms with E-state index in [1.165, 1.54) is 22.9 Å². The summed E-state index contributed by atoms with van der Waals surface area (Å²) in [5, 5.41) is 8.26. The fourth-order valence-electron chi connectivity index (χ4n) is 4.45. The van der Waals surface area contributed by atoms with Gasteiger partial charge in [0.25, 0.3) is 5.91 Å². The second kappa shape index (κ2) is 7.68. The summed E-state index contributed by atoms with van der Waals surface area (Å²) in [7, 11) is 0. The lowest BCUT2D eigenvalue weighted by atomic mass is 10.1. The summed E-state index contributed by atoms with van der Waals surface area (Å²) in [6.07, 6.45) is 1.56. The predicted molar refractivity (Wildman–Crippen MR) is 107 cm³/mol. The fourth-order valence-corrected chi connectivity index (χ4v) is 4.45. The Labute approximate surface area is 180 Å². The monoisotopic (exact) mass is 445 g/mol. The predicted octanol–water partition coefficient (Wildman–Crippen LogP) is 4.17. The number of pyridine rings is 1. The van der Waals surface area contributed by atoms with Crippen LogP contribution in [0.25, 0.3) is 0 Å². The van der Waals surface area contributed by atoms with Crippen molar-refractivity contribution in [2.24, 2.45) is 0 Å². The molecule has 0 radical (unpaired) electrons. The van der Waals surface area contributed by atoms with E-state index >= 15 is 0 Å². The van der Waals surface area contributed by atoms with E-state index in [2.05, 4.69) is 15.3 Å². The molecular formula is C22H19F4N5O. The number of nitrogens with zero attached hydrogens (tertiary/aromatic N) is 5. The molecule has 0 N–H and O–H groups in total. The Hall–Kier alpha value is -3.30. The average Bonchev–Trinajstić information content (AvgIpc) is 3.45. The van der Waals surface area contributed by atoms with Gasteiger partial charge in [-0.3, -0.25) is 9.78 Å². The lowest BCUT2D eigenvalue weighted by molar-refractivity contribution is -0.134. The Morgan fingerprint density at radius 2 is 1.88 bits per heavy atom. The molecule has 2 aliphatic rings. The lowest BCUT2D eigenvalue weighted by Gasteiger charge is -2.26. The molecule has 3 atom stereocenters.